The Kier molecular flexibility index (Phi) is 6.61. The number of nitrogens with one attached hydrogen (secondary N) is 2. The van der Waals surface area contributed by atoms with E-state index < -0.39 is 40.5 Å². The minimum absolute atomic E-state index is 0. The zero-order valence-corrected chi connectivity index (χ0v) is 15.2. The Hall–Kier alpha value is -1.12. The number of fused-ring (bicyclic) bond motifs is 2. The number of carbonyl (C=O) groups excluding carboxylic acids is 3. The van der Waals surface area contributed by atoms with Gasteiger partial charge in [0.2, 0.25) is 0 Å². The molecule has 4 amide bonds. The van der Waals surface area contributed by atoms with Gasteiger partial charge in [-0.15, -0.1) is 4.28 Å². The van der Waals surface area contributed by atoms with Crippen molar-refractivity contribution in [2.45, 2.75) is 24.9 Å². The molecule has 0 saturated carbocycles. The minimum atomic E-state index is -4.84. The summed E-state index contributed by atoms with van der Waals surface area (Å²) < 4.78 is 38.6. The number of hydroxylamine groups is 2. The number of urea groups is 1. The molecule has 0 spiro atoms. The standard InChI is InChI=1S/C9H14N4O8S.Na.H/c1-20-8(15)11-10-7(14)6-3-2-5-4-12(6)9(16)13(5)21-22(17,18)19;;/h5-6H,2-4H2,1H3,(H,10,14)(H,11,15)(H,17,18,19);;/q;+1;-1/t5-,6+;;/m1../s1. The number of hydrogen-bond donors (Lipinski definition) is 3. The molecule has 0 aromatic rings. The summed E-state index contributed by atoms with van der Waals surface area (Å²) in [5.74, 6) is -0.661. The molecule has 0 unspecified atom stereocenters. The molecule has 3 N–H and O–H groups in total. The van der Waals surface area contributed by atoms with Crippen molar-refractivity contribution in [2.75, 3.05) is 13.7 Å². The number of methoxy groups -OCH3 is 1. The average molecular weight is 362 g/mol. The molecular weight excluding hydrogens is 347 g/mol. The molecule has 14 heteroatoms. The summed E-state index contributed by atoms with van der Waals surface area (Å²) in [6.45, 7) is 0.0602. The molecule has 2 saturated heterocycles. The van der Waals surface area contributed by atoms with E-state index in [2.05, 4.69) is 14.4 Å². The summed E-state index contributed by atoms with van der Waals surface area (Å²) in [5.41, 5.74) is 4.06. The van der Waals surface area contributed by atoms with Gasteiger partial charge in [0, 0.05) is 6.54 Å². The van der Waals surface area contributed by atoms with Crippen molar-refractivity contribution in [3.63, 3.8) is 0 Å². The average Bonchev–Trinajstić information content (AvgIpc) is 2.68. The van der Waals surface area contributed by atoms with Crippen LogP contribution in [0.3, 0.4) is 0 Å². The first-order valence-corrected chi connectivity index (χ1v) is 7.50. The molecule has 2 aliphatic rings. The van der Waals surface area contributed by atoms with Crippen LogP contribution in [0.15, 0.2) is 0 Å². The van der Waals surface area contributed by atoms with Crippen molar-refractivity contribution in [3.8, 4) is 0 Å². The van der Waals surface area contributed by atoms with Gasteiger partial charge in [-0.25, -0.2) is 15.0 Å². The molecule has 126 valence electrons. The Balaban J connectivity index is 0.00000264. The summed E-state index contributed by atoms with van der Waals surface area (Å²) in [6, 6.07) is -2.36. The fraction of sp³-hybridized carbons (Fsp3) is 0.667. The fourth-order valence-corrected chi connectivity index (χ4v) is 2.74. The monoisotopic (exact) mass is 362 g/mol. The second kappa shape index (κ2) is 7.63. The summed E-state index contributed by atoms with van der Waals surface area (Å²) in [5, 5.41) is 0.524. The van der Waals surface area contributed by atoms with Crippen LogP contribution in [0, 0.1) is 0 Å². The van der Waals surface area contributed by atoms with Crippen LogP contribution in [-0.2, 0) is 24.2 Å². The molecule has 0 aromatic heterocycles. The van der Waals surface area contributed by atoms with Crippen molar-refractivity contribution < 1.29 is 67.4 Å². The molecule has 23 heavy (non-hydrogen) atoms. The third-order valence-electron chi connectivity index (χ3n) is 3.27. The molecular formula is C9H15N4NaO8S. The second-order valence-electron chi connectivity index (χ2n) is 4.62. The third-order valence-corrected chi connectivity index (χ3v) is 3.62. The van der Waals surface area contributed by atoms with E-state index in [1.807, 2.05) is 5.43 Å². The van der Waals surface area contributed by atoms with Crippen molar-refractivity contribution in [1.82, 2.24) is 20.8 Å². The van der Waals surface area contributed by atoms with E-state index in [1.54, 1.807) is 0 Å². The van der Waals surface area contributed by atoms with Crippen LogP contribution in [-0.4, -0.2) is 66.7 Å². The van der Waals surface area contributed by atoms with Crippen LogP contribution < -0.4 is 40.4 Å². The minimum Gasteiger partial charge on any atom is -1.00 e. The van der Waals surface area contributed by atoms with Crippen LogP contribution in [0.4, 0.5) is 9.59 Å². The van der Waals surface area contributed by atoms with Crippen LogP contribution in [0.2, 0.25) is 0 Å². The van der Waals surface area contributed by atoms with Gasteiger partial charge in [0.15, 0.2) is 0 Å². The smallest absolute Gasteiger partial charge is 1.00 e. The first kappa shape index (κ1) is 19.9. The van der Waals surface area contributed by atoms with Crippen LogP contribution in [0.25, 0.3) is 0 Å². The van der Waals surface area contributed by atoms with Crippen molar-refractivity contribution >= 4 is 28.4 Å². The number of ether oxygens (including phenoxy) is 1. The topological polar surface area (TPSA) is 155 Å². The maximum Gasteiger partial charge on any atom is 1.00 e. The van der Waals surface area contributed by atoms with Gasteiger partial charge < -0.3 is 11.1 Å². The van der Waals surface area contributed by atoms with Gasteiger partial charge in [0.05, 0.1) is 13.2 Å². The third kappa shape index (κ3) is 4.68. The number of nitrogens with zero attached hydrogens (tertiary/aromatic N) is 2. The normalized spacial score (nSPS) is 23.1. The Morgan fingerprint density at radius 1 is 1.35 bits per heavy atom. The van der Waals surface area contributed by atoms with E-state index >= 15 is 0 Å². The number of hydrazine groups is 1. The van der Waals surface area contributed by atoms with Gasteiger partial charge in [-0.2, -0.15) is 13.5 Å². The summed E-state index contributed by atoms with van der Waals surface area (Å²) >= 11 is 0. The van der Waals surface area contributed by atoms with Gasteiger partial charge in [-0.05, 0) is 12.8 Å². The van der Waals surface area contributed by atoms with Crippen LogP contribution in [0.1, 0.15) is 14.3 Å². The van der Waals surface area contributed by atoms with E-state index in [0.717, 1.165) is 12.0 Å². The maximum atomic E-state index is 12.0. The summed E-state index contributed by atoms with van der Waals surface area (Å²) in [4.78, 5) is 35.9. The summed E-state index contributed by atoms with van der Waals surface area (Å²) in [6.07, 6.45) is -0.365. The molecule has 2 rings (SSSR count). The van der Waals surface area contributed by atoms with Crippen molar-refractivity contribution in [3.05, 3.63) is 0 Å². The van der Waals surface area contributed by atoms with E-state index in [0.29, 0.717) is 5.06 Å². The number of amides is 4. The molecule has 2 atom stereocenters. The molecule has 12 nitrogen and oxygen atoms in total. The van der Waals surface area contributed by atoms with Gasteiger partial charge >= 0.3 is 52.1 Å². The van der Waals surface area contributed by atoms with Crippen LogP contribution in [0.5, 0.6) is 0 Å². The number of rotatable bonds is 3. The molecule has 0 aromatic carbocycles. The Morgan fingerprint density at radius 3 is 2.57 bits per heavy atom. The van der Waals surface area contributed by atoms with Gasteiger partial charge in [0.1, 0.15) is 6.04 Å². The van der Waals surface area contributed by atoms with E-state index in [1.165, 1.54) is 0 Å². The Bertz CT molecular complexity index is 604. The van der Waals surface area contributed by atoms with Crippen molar-refractivity contribution in [1.29, 1.82) is 0 Å². The summed E-state index contributed by atoms with van der Waals surface area (Å²) in [7, 11) is -3.73. The van der Waals surface area contributed by atoms with E-state index in [9.17, 15) is 22.8 Å². The zero-order valence-electron chi connectivity index (χ0n) is 13.4. The molecule has 2 heterocycles. The number of piperidine rings is 1. The predicted octanol–water partition coefficient (Wildman–Crippen LogP) is -4.51. The zero-order chi connectivity index (χ0) is 16.5. The first-order chi connectivity index (χ1) is 10.2. The maximum absolute atomic E-state index is 12.0. The quantitative estimate of drug-likeness (QED) is 0.258. The SMILES string of the molecule is COC(=O)NNC(=O)[C@@H]1CC[C@@H]2CN1C(=O)N2OS(=O)(=O)O.[H-].[Na+]. The number of carbonyl (C=O) groups is 3. The Labute approximate surface area is 155 Å². The van der Waals surface area contributed by atoms with Crippen LogP contribution >= 0.6 is 0 Å². The number of hydrogen-bond acceptors (Lipinski definition) is 7. The molecule has 2 aliphatic heterocycles. The van der Waals surface area contributed by atoms with Gasteiger partial charge in [-0.1, -0.05) is 0 Å². The van der Waals surface area contributed by atoms with E-state index in [4.69, 9.17) is 4.55 Å². The second-order valence-corrected chi connectivity index (χ2v) is 5.62. The van der Waals surface area contributed by atoms with E-state index in [-0.39, 0.29) is 50.4 Å². The van der Waals surface area contributed by atoms with Gasteiger partial charge in [0.25, 0.3) is 5.91 Å². The molecule has 2 fully saturated rings. The molecule has 0 aliphatic carbocycles. The molecule has 0 radical (unpaired) electrons. The fourth-order valence-electron chi connectivity index (χ4n) is 2.35. The first-order valence-electron chi connectivity index (χ1n) is 6.13. The Morgan fingerprint density at radius 2 is 2.00 bits per heavy atom. The van der Waals surface area contributed by atoms with Crippen molar-refractivity contribution in [2.24, 2.45) is 0 Å². The largest absolute Gasteiger partial charge is 1.00 e. The van der Waals surface area contributed by atoms with Gasteiger partial charge in [-0.3, -0.25) is 14.8 Å². The molecule has 2 bridgehead atoms. The predicted molar refractivity (Wildman–Crippen MR) is 68.2 cm³/mol.